The van der Waals surface area contributed by atoms with E-state index in [-0.39, 0.29) is 6.42 Å². The van der Waals surface area contributed by atoms with E-state index in [2.05, 4.69) is 4.72 Å². The Morgan fingerprint density at radius 1 is 1.31 bits per heavy atom. The van der Waals surface area contributed by atoms with Crippen molar-refractivity contribution in [2.24, 2.45) is 0 Å². The number of nitrogens with one attached hydrogen (secondary N) is 1. The monoisotopic (exact) mass is 277 g/mol. The van der Waals surface area contributed by atoms with Crippen LogP contribution >= 0.6 is 11.8 Å². The molecule has 1 unspecified atom stereocenters. The predicted molar refractivity (Wildman–Crippen MR) is 63.9 cm³/mol. The third-order valence-electron chi connectivity index (χ3n) is 1.81. The molecule has 0 saturated heterocycles. The van der Waals surface area contributed by atoms with Crippen LogP contribution in [0.15, 0.2) is 0 Å². The van der Waals surface area contributed by atoms with Crippen LogP contribution in [-0.4, -0.2) is 33.5 Å². The molecule has 1 N–H and O–H groups in total. The number of rotatable bonds is 5. The van der Waals surface area contributed by atoms with Crippen LogP contribution < -0.4 is 4.72 Å². The fourth-order valence-electron chi connectivity index (χ4n) is 0.831. The normalized spacial score (nSPS) is 17.2. The van der Waals surface area contributed by atoms with Gasteiger partial charge in [-0.15, -0.1) is 4.72 Å². The molecular weight excluding hydrogens is 259 g/mol. The molecule has 0 heterocycles. The van der Waals surface area contributed by atoms with Gasteiger partial charge in [-0.1, -0.05) is 0 Å². The number of thioether (sulfide) groups is 1. The number of alkyl halides is 3. The maximum atomic E-state index is 12.6. The van der Waals surface area contributed by atoms with Crippen LogP contribution in [0.1, 0.15) is 27.2 Å². The van der Waals surface area contributed by atoms with E-state index in [0.717, 1.165) is 0 Å². The molecule has 2 atom stereocenters. The third-order valence-corrected chi connectivity index (χ3v) is 4.07. The van der Waals surface area contributed by atoms with E-state index in [4.69, 9.17) is 0 Å². The van der Waals surface area contributed by atoms with E-state index in [1.165, 1.54) is 11.8 Å². The maximum absolute atomic E-state index is 12.6. The highest BCUT2D eigenvalue weighted by Crippen LogP contribution is 2.26. The zero-order valence-electron chi connectivity index (χ0n) is 9.85. The summed E-state index contributed by atoms with van der Waals surface area (Å²) in [7, 11) is 0. The quantitative estimate of drug-likeness (QED) is 0.785. The van der Waals surface area contributed by atoms with Crippen LogP contribution in [0.3, 0.4) is 0 Å². The molecule has 0 rings (SSSR count). The van der Waals surface area contributed by atoms with Crippen molar-refractivity contribution >= 4 is 23.1 Å². The second-order valence-corrected chi connectivity index (χ2v) is 7.36. The molecule has 0 amide bonds. The van der Waals surface area contributed by atoms with Crippen molar-refractivity contribution in [3.8, 4) is 0 Å². The van der Waals surface area contributed by atoms with Crippen LogP contribution in [0.4, 0.5) is 13.2 Å². The van der Waals surface area contributed by atoms with Gasteiger partial charge in [0.15, 0.2) is 0 Å². The van der Waals surface area contributed by atoms with Gasteiger partial charge in [-0.05, 0) is 39.2 Å². The van der Waals surface area contributed by atoms with Crippen LogP contribution in [0, 0.1) is 0 Å². The van der Waals surface area contributed by atoms with Gasteiger partial charge in [-0.3, -0.25) is 0 Å². The number of halogens is 3. The molecule has 2 nitrogen and oxygen atoms in total. The summed E-state index contributed by atoms with van der Waals surface area (Å²) in [5, 5.41) is 0. The third kappa shape index (κ3) is 6.22. The Balaban J connectivity index is 4.43. The van der Waals surface area contributed by atoms with Gasteiger partial charge < -0.3 is 4.55 Å². The highest BCUT2D eigenvalue weighted by atomic mass is 32.2. The van der Waals surface area contributed by atoms with Crippen molar-refractivity contribution in [1.82, 2.24) is 4.72 Å². The summed E-state index contributed by atoms with van der Waals surface area (Å²) in [6.45, 7) is 4.91. The number of hydrogen-bond acceptors (Lipinski definition) is 3. The highest BCUT2D eigenvalue weighted by molar-refractivity contribution is 7.98. The lowest BCUT2D eigenvalue weighted by Crippen LogP contribution is -2.50. The van der Waals surface area contributed by atoms with Crippen molar-refractivity contribution in [3.05, 3.63) is 0 Å². The summed E-state index contributed by atoms with van der Waals surface area (Å²) in [6, 6.07) is -1.69. The highest BCUT2D eigenvalue weighted by Gasteiger charge is 2.43. The molecule has 16 heavy (non-hydrogen) atoms. The topological polar surface area (TPSA) is 35.1 Å². The van der Waals surface area contributed by atoms with E-state index in [1.54, 1.807) is 27.0 Å². The van der Waals surface area contributed by atoms with Crippen LogP contribution in [-0.2, 0) is 11.4 Å². The van der Waals surface area contributed by atoms with E-state index in [9.17, 15) is 17.7 Å². The summed E-state index contributed by atoms with van der Waals surface area (Å²) in [5.41, 5.74) is 0. The molecule has 0 bridgehead atoms. The van der Waals surface area contributed by atoms with Gasteiger partial charge in [-0.25, -0.2) is 0 Å². The summed E-state index contributed by atoms with van der Waals surface area (Å²) >= 11 is -0.355. The Labute approximate surface area is 102 Å². The molecule has 0 aliphatic heterocycles. The molecule has 98 valence electrons. The second-order valence-electron chi connectivity index (χ2n) is 4.37. The molecule has 0 aromatic rings. The predicted octanol–water partition coefficient (Wildman–Crippen LogP) is 2.72. The van der Waals surface area contributed by atoms with Gasteiger partial charge in [0, 0.05) is 11.4 Å². The van der Waals surface area contributed by atoms with E-state index in [1.807, 2.05) is 0 Å². The van der Waals surface area contributed by atoms with Gasteiger partial charge in [0.05, 0.1) is 0 Å². The summed E-state index contributed by atoms with van der Waals surface area (Å²) in [6.07, 6.45) is -2.67. The molecule has 7 heteroatoms. The zero-order chi connectivity index (χ0) is 13.0. The van der Waals surface area contributed by atoms with Gasteiger partial charge in [0.1, 0.15) is 10.8 Å². The average Bonchev–Trinajstić information content (AvgIpc) is 2.08. The molecule has 0 fully saturated rings. The average molecular weight is 277 g/mol. The first-order valence-corrected chi connectivity index (χ1v) is 7.37. The first-order valence-electron chi connectivity index (χ1n) is 4.82. The van der Waals surface area contributed by atoms with Crippen LogP contribution in [0.5, 0.6) is 0 Å². The van der Waals surface area contributed by atoms with E-state index in [0.29, 0.717) is 5.75 Å². The Morgan fingerprint density at radius 3 is 2.12 bits per heavy atom. The first-order chi connectivity index (χ1) is 7.09. The molecule has 0 saturated carbocycles. The van der Waals surface area contributed by atoms with Crippen molar-refractivity contribution in [3.63, 3.8) is 0 Å². The fourth-order valence-corrected chi connectivity index (χ4v) is 2.17. The SMILES string of the molecule is CSCCC(N[S@+]([O-])C(C)(C)C)C(F)(F)F. The molecular formula is C9H18F3NOS2. The van der Waals surface area contributed by atoms with Crippen LogP contribution in [0.25, 0.3) is 0 Å². The van der Waals surface area contributed by atoms with E-state index >= 15 is 0 Å². The largest absolute Gasteiger partial charge is 0.598 e. The Hall–Kier alpha value is 0.410. The fraction of sp³-hybridized carbons (Fsp3) is 1.00. The van der Waals surface area contributed by atoms with Crippen molar-refractivity contribution in [2.75, 3.05) is 12.0 Å². The minimum atomic E-state index is -4.35. The van der Waals surface area contributed by atoms with Crippen molar-refractivity contribution in [2.45, 2.75) is 44.2 Å². The summed E-state index contributed by atoms with van der Waals surface area (Å²) in [5.74, 6) is 0.387. The zero-order valence-corrected chi connectivity index (χ0v) is 11.5. The van der Waals surface area contributed by atoms with E-state index < -0.39 is 28.3 Å². The van der Waals surface area contributed by atoms with Crippen LogP contribution in [0.2, 0.25) is 0 Å². The smallest absolute Gasteiger partial charge is 0.408 e. The van der Waals surface area contributed by atoms with Crippen molar-refractivity contribution in [1.29, 1.82) is 0 Å². The summed E-state index contributed by atoms with van der Waals surface area (Å²) < 4.78 is 50.8. The summed E-state index contributed by atoms with van der Waals surface area (Å²) in [4.78, 5) is 0. The van der Waals surface area contributed by atoms with Gasteiger partial charge >= 0.3 is 6.18 Å². The van der Waals surface area contributed by atoms with Gasteiger partial charge in [-0.2, -0.15) is 24.9 Å². The number of hydrogen-bond donors (Lipinski definition) is 1. The second kappa shape index (κ2) is 6.37. The lowest BCUT2D eigenvalue weighted by atomic mass is 10.2. The Kier molecular flexibility index (Phi) is 6.53. The molecule has 0 spiro atoms. The minimum Gasteiger partial charge on any atom is -0.598 e. The van der Waals surface area contributed by atoms with Gasteiger partial charge in [0.2, 0.25) is 0 Å². The molecule has 0 aromatic heterocycles. The lowest BCUT2D eigenvalue weighted by molar-refractivity contribution is -0.151. The Morgan fingerprint density at radius 2 is 1.81 bits per heavy atom. The molecule has 0 radical (unpaired) electrons. The Bertz CT molecular complexity index is 206. The maximum Gasteiger partial charge on any atom is 0.408 e. The van der Waals surface area contributed by atoms with Gasteiger partial charge in [0.25, 0.3) is 0 Å². The standard InChI is InChI=1S/C9H18F3NOS2/c1-8(2,3)16(14)13-7(5-6-15-4)9(10,11)12/h7,13H,5-6H2,1-4H3/t7?,16-/m1/s1. The van der Waals surface area contributed by atoms with Crippen molar-refractivity contribution < 1.29 is 17.7 Å². The lowest BCUT2D eigenvalue weighted by Gasteiger charge is -2.28. The molecule has 0 aliphatic rings. The molecule has 0 aliphatic carbocycles. The first kappa shape index (κ1) is 16.4. The minimum absolute atomic E-state index is 0.0630. The molecule has 0 aromatic carbocycles.